The topological polar surface area (TPSA) is 48.9 Å². The van der Waals surface area contributed by atoms with Gasteiger partial charge in [0.15, 0.2) is 5.96 Å². The van der Waals surface area contributed by atoms with Crippen LogP contribution in [0.2, 0.25) is 0 Å². The van der Waals surface area contributed by atoms with E-state index in [4.69, 9.17) is 4.74 Å². The molecular weight excluding hydrogens is 471 g/mol. The highest BCUT2D eigenvalue weighted by atomic mass is 127. The van der Waals surface area contributed by atoms with E-state index in [1.165, 1.54) is 37.0 Å². The summed E-state index contributed by atoms with van der Waals surface area (Å²) in [6.07, 6.45) is 7.07. The Morgan fingerprint density at radius 2 is 2.11 bits per heavy atom. The highest BCUT2D eigenvalue weighted by Crippen LogP contribution is 2.56. The average molecular weight is 504 g/mol. The zero-order chi connectivity index (χ0) is 17.8. The molecule has 2 heterocycles. The van der Waals surface area contributed by atoms with E-state index in [0.29, 0.717) is 11.5 Å². The van der Waals surface area contributed by atoms with E-state index in [1.54, 1.807) is 0 Å². The van der Waals surface area contributed by atoms with Crippen molar-refractivity contribution in [2.24, 2.45) is 16.3 Å². The summed E-state index contributed by atoms with van der Waals surface area (Å²) in [6.45, 7) is 5.63. The van der Waals surface area contributed by atoms with Crippen LogP contribution in [0.25, 0.3) is 0 Å². The smallest absolute Gasteiger partial charge is 0.191 e. The van der Waals surface area contributed by atoms with Crippen LogP contribution in [-0.4, -0.2) is 57.3 Å². The zero-order valence-corrected chi connectivity index (χ0v) is 19.4. The number of hydrogen-bond donors (Lipinski definition) is 2. The third-order valence-electron chi connectivity index (χ3n) is 6.45. The van der Waals surface area contributed by atoms with Gasteiger partial charge in [-0.2, -0.15) is 0 Å². The second-order valence-corrected chi connectivity index (χ2v) is 8.96. The van der Waals surface area contributed by atoms with Crippen molar-refractivity contribution < 1.29 is 4.74 Å². The van der Waals surface area contributed by atoms with Crippen LogP contribution < -0.4 is 10.6 Å². The fourth-order valence-electron chi connectivity index (χ4n) is 4.51. The van der Waals surface area contributed by atoms with Crippen molar-refractivity contribution in [3.05, 3.63) is 22.4 Å². The molecule has 1 atom stereocenters. The van der Waals surface area contributed by atoms with Gasteiger partial charge in [-0.3, -0.25) is 9.89 Å². The molecular formula is C20H33IN4OS. The lowest BCUT2D eigenvalue weighted by molar-refractivity contribution is 0.0177. The van der Waals surface area contributed by atoms with Gasteiger partial charge >= 0.3 is 0 Å². The Morgan fingerprint density at radius 1 is 1.33 bits per heavy atom. The molecule has 1 aliphatic heterocycles. The predicted molar refractivity (Wildman–Crippen MR) is 123 cm³/mol. The molecule has 1 saturated heterocycles. The monoisotopic (exact) mass is 504 g/mol. The van der Waals surface area contributed by atoms with Crippen molar-refractivity contribution in [2.45, 2.75) is 38.1 Å². The number of hydrogen-bond acceptors (Lipinski definition) is 4. The molecule has 0 spiro atoms. The lowest BCUT2D eigenvalue weighted by atomic mass is 9.65. The summed E-state index contributed by atoms with van der Waals surface area (Å²) < 4.78 is 5.54. The number of guanidine groups is 1. The summed E-state index contributed by atoms with van der Waals surface area (Å²) in [4.78, 5) is 8.44. The second-order valence-electron chi connectivity index (χ2n) is 7.98. The Kier molecular flexibility index (Phi) is 7.82. The maximum Gasteiger partial charge on any atom is 0.191 e. The van der Waals surface area contributed by atoms with Gasteiger partial charge in [0.1, 0.15) is 0 Å². The maximum atomic E-state index is 5.54. The largest absolute Gasteiger partial charge is 0.379 e. The molecule has 4 rings (SSSR count). The molecule has 2 saturated carbocycles. The van der Waals surface area contributed by atoms with E-state index < -0.39 is 0 Å². The fourth-order valence-corrected chi connectivity index (χ4v) is 5.37. The fraction of sp³-hybridized carbons (Fsp3) is 0.750. The first-order valence-electron chi connectivity index (χ1n) is 10.1. The molecule has 1 unspecified atom stereocenters. The predicted octanol–water partition coefficient (Wildman–Crippen LogP) is 3.48. The van der Waals surface area contributed by atoms with Crippen molar-refractivity contribution in [1.29, 1.82) is 0 Å². The van der Waals surface area contributed by atoms with Gasteiger partial charge in [-0.25, -0.2) is 0 Å². The zero-order valence-electron chi connectivity index (χ0n) is 16.3. The number of halogens is 1. The van der Waals surface area contributed by atoms with Gasteiger partial charge in [0.05, 0.1) is 19.3 Å². The van der Waals surface area contributed by atoms with Crippen molar-refractivity contribution >= 4 is 41.3 Å². The SMILES string of the molecule is CN=C(NCC(c1cccs1)N1CCOCC1)NCC1(C2CC2)CCC1.I. The normalized spacial score (nSPS) is 23.8. The molecule has 1 aromatic rings. The number of nitrogens with zero attached hydrogens (tertiary/aromatic N) is 2. The van der Waals surface area contributed by atoms with Crippen molar-refractivity contribution in [2.75, 3.05) is 46.4 Å². The van der Waals surface area contributed by atoms with E-state index in [9.17, 15) is 0 Å². The standard InChI is InChI=1S/C20H32N4OS.HI/c1-21-19(23-15-20(7-3-8-20)16-5-6-16)22-14-17(18-4-2-13-26-18)24-9-11-25-12-10-24;/h2,4,13,16-17H,3,5-12,14-15H2,1H3,(H2,21,22,23);1H. The number of thiophene rings is 1. The lowest BCUT2D eigenvalue weighted by Gasteiger charge is -2.43. The highest BCUT2D eigenvalue weighted by Gasteiger charge is 2.48. The third-order valence-corrected chi connectivity index (χ3v) is 7.42. The van der Waals surface area contributed by atoms with E-state index in [-0.39, 0.29) is 24.0 Å². The van der Waals surface area contributed by atoms with Crippen LogP contribution in [0.15, 0.2) is 22.5 Å². The van der Waals surface area contributed by atoms with Gasteiger partial charge in [0, 0.05) is 38.1 Å². The first-order chi connectivity index (χ1) is 12.8. The average Bonchev–Trinajstić information content (AvgIpc) is 3.35. The van der Waals surface area contributed by atoms with Crippen LogP contribution >= 0.6 is 35.3 Å². The van der Waals surface area contributed by atoms with Crippen LogP contribution in [0, 0.1) is 11.3 Å². The Hall–Kier alpha value is -0.380. The van der Waals surface area contributed by atoms with Crippen LogP contribution in [0.5, 0.6) is 0 Å². The first kappa shape index (κ1) is 21.3. The van der Waals surface area contributed by atoms with Gasteiger partial charge < -0.3 is 15.4 Å². The summed E-state index contributed by atoms with van der Waals surface area (Å²) in [5.41, 5.74) is 0.564. The molecule has 0 amide bonds. The van der Waals surface area contributed by atoms with Crippen molar-refractivity contribution in [3.63, 3.8) is 0 Å². The molecule has 7 heteroatoms. The van der Waals surface area contributed by atoms with Crippen molar-refractivity contribution in [1.82, 2.24) is 15.5 Å². The molecule has 3 fully saturated rings. The molecule has 27 heavy (non-hydrogen) atoms. The maximum absolute atomic E-state index is 5.54. The number of ether oxygens (including phenoxy) is 1. The summed E-state index contributed by atoms with van der Waals surface area (Å²) >= 11 is 1.84. The second kappa shape index (κ2) is 9.89. The molecule has 152 valence electrons. The molecule has 2 N–H and O–H groups in total. The number of morpholine rings is 1. The Balaban J connectivity index is 0.00000210. The molecule has 0 bridgehead atoms. The Morgan fingerprint density at radius 3 is 2.67 bits per heavy atom. The Labute approximate surface area is 184 Å². The third kappa shape index (κ3) is 5.16. The highest BCUT2D eigenvalue weighted by molar-refractivity contribution is 14.0. The summed E-state index contributed by atoms with van der Waals surface area (Å²) in [6, 6.07) is 4.79. The van der Waals surface area contributed by atoms with E-state index in [0.717, 1.165) is 51.3 Å². The summed E-state index contributed by atoms with van der Waals surface area (Å²) in [5, 5.41) is 9.41. The lowest BCUT2D eigenvalue weighted by Crippen LogP contribution is -2.49. The van der Waals surface area contributed by atoms with Crippen LogP contribution in [0.3, 0.4) is 0 Å². The van der Waals surface area contributed by atoms with Crippen LogP contribution in [0.1, 0.15) is 43.0 Å². The quantitative estimate of drug-likeness (QED) is 0.339. The van der Waals surface area contributed by atoms with Gasteiger partial charge in [0.25, 0.3) is 0 Å². The molecule has 0 aromatic carbocycles. The van der Waals surface area contributed by atoms with Gasteiger partial charge in [-0.15, -0.1) is 35.3 Å². The minimum absolute atomic E-state index is 0. The van der Waals surface area contributed by atoms with E-state index >= 15 is 0 Å². The summed E-state index contributed by atoms with van der Waals surface area (Å²) in [5.74, 6) is 1.92. The molecule has 1 aromatic heterocycles. The molecule has 5 nitrogen and oxygen atoms in total. The van der Waals surface area contributed by atoms with Crippen LogP contribution in [0.4, 0.5) is 0 Å². The van der Waals surface area contributed by atoms with Gasteiger partial charge in [-0.05, 0) is 48.5 Å². The number of rotatable bonds is 7. The van der Waals surface area contributed by atoms with Gasteiger partial charge in [-0.1, -0.05) is 12.5 Å². The molecule has 3 aliphatic rings. The molecule has 2 aliphatic carbocycles. The molecule has 0 radical (unpaired) electrons. The van der Waals surface area contributed by atoms with Crippen molar-refractivity contribution in [3.8, 4) is 0 Å². The summed E-state index contributed by atoms with van der Waals surface area (Å²) in [7, 11) is 1.88. The number of aliphatic imine (C=N–C) groups is 1. The first-order valence-corrected chi connectivity index (χ1v) is 11.0. The van der Waals surface area contributed by atoms with Crippen LogP contribution in [-0.2, 0) is 4.74 Å². The number of nitrogens with one attached hydrogen (secondary N) is 2. The Bertz CT molecular complexity index is 595. The van der Waals surface area contributed by atoms with E-state index in [1.807, 2.05) is 18.4 Å². The minimum Gasteiger partial charge on any atom is -0.379 e. The van der Waals surface area contributed by atoms with Gasteiger partial charge in [0.2, 0.25) is 0 Å². The van der Waals surface area contributed by atoms with E-state index in [2.05, 4.69) is 38.0 Å². The minimum atomic E-state index is 0.